The van der Waals surface area contributed by atoms with Crippen LogP contribution in [0.3, 0.4) is 0 Å². The summed E-state index contributed by atoms with van der Waals surface area (Å²) in [7, 11) is 0. The normalized spacial score (nSPS) is 15.9. The summed E-state index contributed by atoms with van der Waals surface area (Å²) >= 11 is 0. The molecule has 0 atom stereocenters. The molecule has 1 fully saturated rings. The van der Waals surface area contributed by atoms with Crippen LogP contribution in [0.4, 0.5) is 0 Å². The molecule has 0 aliphatic carbocycles. The first-order valence-electron chi connectivity index (χ1n) is 10.2. The molecule has 0 saturated carbocycles. The van der Waals surface area contributed by atoms with Gasteiger partial charge in [0.2, 0.25) is 0 Å². The van der Waals surface area contributed by atoms with E-state index in [-0.39, 0.29) is 29.4 Å². The van der Waals surface area contributed by atoms with Gasteiger partial charge in [0.05, 0.1) is 12.2 Å². The maximum absolute atomic E-state index is 4.99. The van der Waals surface area contributed by atoms with E-state index in [2.05, 4.69) is 72.2 Å². The minimum absolute atomic E-state index is 0. The SMILES string of the molecule is CCNC(=NCC(C)(C)c1ccc(C)cc1)N1CCN(Cc2ccon2)CC1.I. The van der Waals surface area contributed by atoms with E-state index in [1.54, 1.807) is 6.26 Å². The van der Waals surface area contributed by atoms with Crippen LogP contribution in [0.2, 0.25) is 0 Å². The zero-order chi connectivity index (χ0) is 20.0. The van der Waals surface area contributed by atoms with E-state index in [1.807, 2.05) is 6.07 Å². The Kier molecular flexibility index (Phi) is 8.95. The molecule has 1 aliphatic rings. The molecule has 1 N–H and O–H groups in total. The van der Waals surface area contributed by atoms with E-state index in [4.69, 9.17) is 9.52 Å². The van der Waals surface area contributed by atoms with Crippen molar-refractivity contribution in [3.8, 4) is 0 Å². The van der Waals surface area contributed by atoms with Gasteiger partial charge < -0.3 is 14.7 Å². The van der Waals surface area contributed by atoms with Gasteiger partial charge in [-0.2, -0.15) is 0 Å². The summed E-state index contributed by atoms with van der Waals surface area (Å²) in [6.45, 7) is 15.2. The van der Waals surface area contributed by atoms with E-state index in [1.165, 1.54) is 11.1 Å². The van der Waals surface area contributed by atoms with Crippen molar-refractivity contribution in [1.82, 2.24) is 20.3 Å². The largest absolute Gasteiger partial charge is 0.364 e. The number of aromatic nitrogens is 1. The summed E-state index contributed by atoms with van der Waals surface area (Å²) in [5, 5.41) is 7.49. The average Bonchev–Trinajstić information content (AvgIpc) is 3.19. The Labute approximate surface area is 191 Å². The van der Waals surface area contributed by atoms with E-state index in [9.17, 15) is 0 Å². The van der Waals surface area contributed by atoms with Crippen LogP contribution < -0.4 is 5.32 Å². The molecular weight excluding hydrogens is 477 g/mol. The van der Waals surface area contributed by atoms with Crippen molar-refractivity contribution in [2.45, 2.75) is 39.7 Å². The molecule has 1 aromatic heterocycles. The number of guanidine groups is 1. The lowest BCUT2D eigenvalue weighted by Gasteiger charge is -2.36. The van der Waals surface area contributed by atoms with Gasteiger partial charge in [0.1, 0.15) is 6.26 Å². The molecule has 1 aliphatic heterocycles. The predicted octanol–water partition coefficient (Wildman–Crippen LogP) is 3.66. The molecule has 1 aromatic carbocycles. The Morgan fingerprint density at radius 1 is 1.14 bits per heavy atom. The van der Waals surface area contributed by atoms with Crippen molar-refractivity contribution < 1.29 is 4.52 Å². The van der Waals surface area contributed by atoms with E-state index in [0.29, 0.717) is 0 Å². The van der Waals surface area contributed by atoms with Gasteiger partial charge in [-0.1, -0.05) is 48.8 Å². The van der Waals surface area contributed by atoms with Crippen molar-refractivity contribution in [2.24, 2.45) is 4.99 Å². The molecule has 7 heteroatoms. The monoisotopic (exact) mass is 511 g/mol. The zero-order valence-electron chi connectivity index (χ0n) is 18.0. The molecule has 29 heavy (non-hydrogen) atoms. The third kappa shape index (κ3) is 6.70. The number of hydrogen-bond acceptors (Lipinski definition) is 4. The van der Waals surface area contributed by atoms with E-state index >= 15 is 0 Å². The third-order valence-corrected chi connectivity index (χ3v) is 5.34. The molecule has 2 aromatic rings. The molecule has 3 rings (SSSR count). The lowest BCUT2D eigenvalue weighted by atomic mass is 9.84. The van der Waals surface area contributed by atoms with Crippen molar-refractivity contribution in [2.75, 3.05) is 39.3 Å². The number of nitrogens with one attached hydrogen (secondary N) is 1. The summed E-state index contributed by atoms with van der Waals surface area (Å²) in [4.78, 5) is 9.77. The highest BCUT2D eigenvalue weighted by Gasteiger charge is 2.23. The summed E-state index contributed by atoms with van der Waals surface area (Å²) in [5.74, 6) is 1.02. The first-order chi connectivity index (χ1) is 13.5. The topological polar surface area (TPSA) is 56.9 Å². The van der Waals surface area contributed by atoms with Crippen LogP contribution in [0.25, 0.3) is 0 Å². The lowest BCUT2D eigenvalue weighted by molar-refractivity contribution is 0.169. The first-order valence-corrected chi connectivity index (χ1v) is 10.2. The molecule has 160 valence electrons. The van der Waals surface area contributed by atoms with Crippen LogP contribution in [-0.2, 0) is 12.0 Å². The second-order valence-electron chi connectivity index (χ2n) is 8.17. The Hall–Kier alpha value is -1.61. The molecule has 0 unspecified atom stereocenters. The summed E-state index contributed by atoms with van der Waals surface area (Å²) in [6.07, 6.45) is 1.64. The Morgan fingerprint density at radius 3 is 2.41 bits per heavy atom. The summed E-state index contributed by atoms with van der Waals surface area (Å²) in [6, 6.07) is 10.7. The summed E-state index contributed by atoms with van der Waals surface area (Å²) in [5.41, 5.74) is 3.62. The van der Waals surface area contributed by atoms with Crippen LogP contribution in [-0.4, -0.2) is 60.2 Å². The first kappa shape index (κ1) is 23.7. The number of aliphatic imine (C=N–C) groups is 1. The molecule has 6 nitrogen and oxygen atoms in total. The Bertz CT molecular complexity index is 750. The number of hydrogen-bond donors (Lipinski definition) is 1. The Balaban J connectivity index is 0.00000300. The van der Waals surface area contributed by atoms with Crippen molar-refractivity contribution in [1.29, 1.82) is 0 Å². The molecule has 1 saturated heterocycles. The highest BCUT2D eigenvalue weighted by molar-refractivity contribution is 14.0. The fourth-order valence-electron chi connectivity index (χ4n) is 3.46. The third-order valence-electron chi connectivity index (χ3n) is 5.34. The van der Waals surface area contributed by atoms with Crippen LogP contribution >= 0.6 is 24.0 Å². The lowest BCUT2D eigenvalue weighted by Crippen LogP contribution is -2.52. The smallest absolute Gasteiger partial charge is 0.194 e. The quantitative estimate of drug-likeness (QED) is 0.365. The van der Waals surface area contributed by atoms with E-state index in [0.717, 1.165) is 57.5 Å². The number of piperazine rings is 1. The number of benzene rings is 1. The highest BCUT2D eigenvalue weighted by atomic mass is 127. The van der Waals surface area contributed by atoms with Crippen molar-refractivity contribution in [3.63, 3.8) is 0 Å². The van der Waals surface area contributed by atoms with Crippen molar-refractivity contribution in [3.05, 3.63) is 53.4 Å². The average molecular weight is 511 g/mol. The Morgan fingerprint density at radius 2 is 1.83 bits per heavy atom. The van der Waals surface area contributed by atoms with Gasteiger partial charge in [0.15, 0.2) is 5.96 Å². The molecule has 2 heterocycles. The molecule has 0 amide bonds. The minimum Gasteiger partial charge on any atom is -0.364 e. The predicted molar refractivity (Wildman–Crippen MR) is 129 cm³/mol. The van der Waals surface area contributed by atoms with Crippen LogP contribution in [0.1, 0.15) is 37.6 Å². The van der Waals surface area contributed by atoms with Gasteiger partial charge in [-0.05, 0) is 19.4 Å². The summed E-state index contributed by atoms with van der Waals surface area (Å²) < 4.78 is 4.94. The van der Waals surface area contributed by atoms with Gasteiger partial charge >= 0.3 is 0 Å². The number of aryl methyl sites for hydroxylation is 1. The molecular formula is C22H34IN5O. The fourth-order valence-corrected chi connectivity index (χ4v) is 3.46. The van der Waals surface area contributed by atoms with Crippen LogP contribution in [0, 0.1) is 6.92 Å². The minimum atomic E-state index is 0. The number of rotatable bonds is 6. The number of halogens is 1. The molecule has 0 spiro atoms. The zero-order valence-corrected chi connectivity index (χ0v) is 20.3. The maximum Gasteiger partial charge on any atom is 0.194 e. The van der Waals surface area contributed by atoms with Crippen molar-refractivity contribution >= 4 is 29.9 Å². The second kappa shape index (κ2) is 11.0. The fraction of sp³-hybridized carbons (Fsp3) is 0.545. The molecule has 0 bridgehead atoms. The molecule has 0 radical (unpaired) electrons. The van der Waals surface area contributed by atoms with Gasteiger partial charge in [-0.3, -0.25) is 9.89 Å². The standard InChI is InChI=1S/C22H33N5O.HI/c1-5-23-21(24-17-22(3,4)19-8-6-18(2)7-9-19)27-13-11-26(12-14-27)16-20-10-15-28-25-20;/h6-10,15H,5,11-14,16-17H2,1-4H3,(H,23,24);1H. The maximum atomic E-state index is 4.99. The van der Waals surface area contributed by atoms with Crippen LogP contribution in [0.5, 0.6) is 0 Å². The van der Waals surface area contributed by atoms with E-state index < -0.39 is 0 Å². The second-order valence-corrected chi connectivity index (χ2v) is 8.17. The van der Waals surface area contributed by atoms with Gasteiger partial charge in [-0.25, -0.2) is 0 Å². The van der Waals surface area contributed by atoms with Gasteiger partial charge in [0, 0.05) is 50.7 Å². The van der Waals surface area contributed by atoms with Gasteiger partial charge in [0.25, 0.3) is 0 Å². The van der Waals surface area contributed by atoms with Gasteiger partial charge in [-0.15, -0.1) is 24.0 Å². The number of nitrogens with zero attached hydrogens (tertiary/aromatic N) is 4. The highest BCUT2D eigenvalue weighted by Crippen LogP contribution is 2.24. The van der Waals surface area contributed by atoms with Crippen LogP contribution in [0.15, 0.2) is 46.1 Å².